The first kappa shape index (κ1) is 17.1. The van der Waals surface area contributed by atoms with Crippen molar-refractivity contribution >= 4 is 16.9 Å². The molecule has 0 fully saturated rings. The second-order valence-electron chi connectivity index (χ2n) is 6.69. The zero-order valence-corrected chi connectivity index (χ0v) is 14.8. The number of ether oxygens (including phenoxy) is 1. The van der Waals surface area contributed by atoms with E-state index in [1.54, 1.807) is 13.8 Å². The number of carbonyl (C=O) groups is 1. The Balaban J connectivity index is 2.07. The maximum absolute atomic E-state index is 11.3. The van der Waals surface area contributed by atoms with Crippen molar-refractivity contribution in [1.82, 2.24) is 4.57 Å². The summed E-state index contributed by atoms with van der Waals surface area (Å²) in [6.45, 7) is 6.19. The van der Waals surface area contributed by atoms with Gasteiger partial charge in [-0.25, -0.2) is 4.79 Å². The molecule has 4 heteroatoms. The summed E-state index contributed by atoms with van der Waals surface area (Å²) in [6.07, 6.45) is 1.04. The lowest BCUT2D eigenvalue weighted by molar-refractivity contribution is -0.152. The highest BCUT2D eigenvalue weighted by Crippen LogP contribution is 2.32. The van der Waals surface area contributed by atoms with Gasteiger partial charge in [0.1, 0.15) is 5.75 Å². The third-order valence-electron chi connectivity index (χ3n) is 4.28. The maximum Gasteiger partial charge on any atom is 0.347 e. The number of aromatic nitrogens is 1. The van der Waals surface area contributed by atoms with E-state index in [4.69, 9.17) is 4.74 Å². The van der Waals surface area contributed by atoms with Gasteiger partial charge in [-0.2, -0.15) is 0 Å². The molecule has 1 N–H and O–H groups in total. The van der Waals surface area contributed by atoms with Crippen LogP contribution in [0.4, 0.5) is 0 Å². The number of hydrogen-bond acceptors (Lipinski definition) is 2. The van der Waals surface area contributed by atoms with Gasteiger partial charge in [-0.15, -0.1) is 0 Å². The summed E-state index contributed by atoms with van der Waals surface area (Å²) in [7, 11) is 0. The van der Waals surface area contributed by atoms with E-state index in [-0.39, 0.29) is 0 Å². The number of carboxylic acid groups (broad SMARTS) is 1. The quantitative estimate of drug-likeness (QED) is 0.691. The first-order valence-electron chi connectivity index (χ1n) is 8.53. The lowest BCUT2D eigenvalue weighted by Gasteiger charge is -2.21. The molecule has 25 heavy (non-hydrogen) atoms. The molecule has 3 rings (SSSR count). The Morgan fingerprint density at radius 3 is 2.48 bits per heavy atom. The lowest BCUT2D eigenvalue weighted by atomic mass is 10.1. The smallest absolute Gasteiger partial charge is 0.347 e. The summed E-state index contributed by atoms with van der Waals surface area (Å²) in [4.78, 5) is 11.3. The molecule has 2 aromatic carbocycles. The summed E-state index contributed by atoms with van der Waals surface area (Å²) in [5.74, 6) is -0.422. The van der Waals surface area contributed by atoms with Gasteiger partial charge in [0.2, 0.25) is 0 Å². The van der Waals surface area contributed by atoms with Crippen LogP contribution in [0.3, 0.4) is 0 Å². The normalized spacial score (nSPS) is 11.6. The molecule has 0 amide bonds. The Morgan fingerprint density at radius 1 is 1.12 bits per heavy atom. The Bertz CT molecular complexity index is 894. The number of nitrogens with zero attached hydrogens (tertiary/aromatic N) is 1. The highest BCUT2D eigenvalue weighted by Gasteiger charge is 2.29. The SMILES string of the molecule is CCCn1c(-c2ccccc2)cc2cc(OC(C)(C)C(=O)O)ccc21. The van der Waals surface area contributed by atoms with Gasteiger partial charge < -0.3 is 14.4 Å². The summed E-state index contributed by atoms with van der Waals surface area (Å²) < 4.78 is 7.98. The monoisotopic (exact) mass is 337 g/mol. The van der Waals surface area contributed by atoms with E-state index in [9.17, 15) is 9.90 Å². The van der Waals surface area contributed by atoms with E-state index in [1.807, 2.05) is 36.4 Å². The van der Waals surface area contributed by atoms with Gasteiger partial charge in [-0.3, -0.25) is 0 Å². The molecule has 0 aliphatic carbocycles. The average Bonchev–Trinajstić information content (AvgIpc) is 2.93. The van der Waals surface area contributed by atoms with E-state index in [0.717, 1.165) is 29.6 Å². The van der Waals surface area contributed by atoms with Crippen molar-refractivity contribution in [2.24, 2.45) is 0 Å². The molecule has 0 aliphatic heterocycles. The second-order valence-corrected chi connectivity index (χ2v) is 6.69. The van der Waals surface area contributed by atoms with Crippen LogP contribution in [0.25, 0.3) is 22.2 Å². The van der Waals surface area contributed by atoms with Crippen molar-refractivity contribution in [3.63, 3.8) is 0 Å². The summed E-state index contributed by atoms with van der Waals surface area (Å²) >= 11 is 0. The number of aryl methyl sites for hydroxylation is 1. The maximum atomic E-state index is 11.3. The third-order valence-corrected chi connectivity index (χ3v) is 4.28. The van der Waals surface area contributed by atoms with Crippen molar-refractivity contribution in [1.29, 1.82) is 0 Å². The fraction of sp³-hybridized carbons (Fsp3) is 0.286. The molecule has 0 saturated carbocycles. The van der Waals surface area contributed by atoms with Crippen LogP contribution in [-0.4, -0.2) is 21.2 Å². The highest BCUT2D eigenvalue weighted by molar-refractivity contribution is 5.88. The lowest BCUT2D eigenvalue weighted by Crippen LogP contribution is -2.37. The Labute approximate surface area is 147 Å². The van der Waals surface area contributed by atoms with Crippen LogP contribution in [-0.2, 0) is 11.3 Å². The molecule has 0 unspecified atom stereocenters. The van der Waals surface area contributed by atoms with Crippen LogP contribution < -0.4 is 4.74 Å². The first-order valence-corrected chi connectivity index (χ1v) is 8.53. The van der Waals surface area contributed by atoms with E-state index in [2.05, 4.69) is 29.7 Å². The van der Waals surface area contributed by atoms with Crippen LogP contribution in [0.5, 0.6) is 5.75 Å². The number of benzene rings is 2. The van der Waals surface area contributed by atoms with E-state index in [0.29, 0.717) is 5.75 Å². The van der Waals surface area contributed by atoms with Gasteiger partial charge in [-0.1, -0.05) is 37.3 Å². The van der Waals surface area contributed by atoms with Crippen molar-refractivity contribution in [3.05, 3.63) is 54.6 Å². The van der Waals surface area contributed by atoms with Gasteiger partial charge in [0.05, 0.1) is 0 Å². The predicted octanol–water partition coefficient (Wildman–Crippen LogP) is 4.96. The molecule has 0 bridgehead atoms. The molecule has 0 aliphatic rings. The van der Waals surface area contributed by atoms with E-state index in [1.165, 1.54) is 5.56 Å². The molecule has 0 radical (unpaired) electrons. The van der Waals surface area contributed by atoms with Crippen LogP contribution in [0, 0.1) is 0 Å². The summed E-state index contributed by atoms with van der Waals surface area (Å²) in [5, 5.41) is 10.3. The molecule has 4 nitrogen and oxygen atoms in total. The topological polar surface area (TPSA) is 51.5 Å². The minimum atomic E-state index is -1.26. The van der Waals surface area contributed by atoms with Crippen molar-refractivity contribution in [2.45, 2.75) is 39.3 Å². The number of rotatable bonds is 6. The average molecular weight is 337 g/mol. The Hall–Kier alpha value is -2.75. The van der Waals surface area contributed by atoms with Gasteiger partial charge in [0, 0.05) is 23.1 Å². The van der Waals surface area contributed by atoms with Gasteiger partial charge in [0.15, 0.2) is 5.60 Å². The summed E-state index contributed by atoms with van der Waals surface area (Å²) in [6, 6.07) is 18.2. The van der Waals surface area contributed by atoms with E-state index >= 15 is 0 Å². The Morgan fingerprint density at radius 2 is 1.84 bits per heavy atom. The summed E-state index contributed by atoms with van der Waals surface area (Å²) in [5.41, 5.74) is 2.19. The second kappa shape index (κ2) is 6.63. The van der Waals surface area contributed by atoms with E-state index < -0.39 is 11.6 Å². The predicted molar refractivity (Wildman–Crippen MR) is 100 cm³/mol. The third kappa shape index (κ3) is 3.38. The van der Waals surface area contributed by atoms with Crippen LogP contribution in [0.2, 0.25) is 0 Å². The van der Waals surface area contributed by atoms with Crippen molar-refractivity contribution < 1.29 is 14.6 Å². The fourth-order valence-electron chi connectivity index (χ4n) is 2.96. The molecule has 0 spiro atoms. The van der Waals surface area contributed by atoms with Gasteiger partial charge >= 0.3 is 5.97 Å². The number of carboxylic acids is 1. The molecule has 3 aromatic rings. The molecule has 0 atom stereocenters. The number of fused-ring (bicyclic) bond motifs is 1. The van der Waals surface area contributed by atoms with Crippen LogP contribution >= 0.6 is 0 Å². The standard InChI is InChI=1S/C21H23NO3/c1-4-12-22-18-11-10-17(25-21(2,3)20(23)24)13-16(18)14-19(22)15-8-6-5-7-9-15/h5-11,13-14H,4,12H2,1-3H3,(H,23,24). The fourth-order valence-corrected chi connectivity index (χ4v) is 2.96. The van der Waals surface area contributed by atoms with Crippen LogP contribution in [0.1, 0.15) is 27.2 Å². The molecular formula is C21H23NO3. The van der Waals surface area contributed by atoms with Gasteiger partial charge in [-0.05, 0) is 50.1 Å². The van der Waals surface area contributed by atoms with Crippen molar-refractivity contribution in [3.8, 4) is 17.0 Å². The minimum Gasteiger partial charge on any atom is -0.478 e. The van der Waals surface area contributed by atoms with Crippen molar-refractivity contribution in [2.75, 3.05) is 0 Å². The molecule has 1 heterocycles. The number of aliphatic carboxylic acids is 1. The molecular weight excluding hydrogens is 314 g/mol. The first-order chi connectivity index (χ1) is 11.9. The molecule has 130 valence electrons. The van der Waals surface area contributed by atoms with Gasteiger partial charge in [0.25, 0.3) is 0 Å². The Kier molecular flexibility index (Phi) is 4.53. The zero-order chi connectivity index (χ0) is 18.0. The number of hydrogen-bond donors (Lipinski definition) is 1. The molecule has 0 saturated heterocycles. The largest absolute Gasteiger partial charge is 0.478 e. The zero-order valence-electron chi connectivity index (χ0n) is 14.8. The minimum absolute atomic E-state index is 0.563. The highest BCUT2D eigenvalue weighted by atomic mass is 16.5. The molecule has 1 aromatic heterocycles. The van der Waals surface area contributed by atoms with Crippen LogP contribution in [0.15, 0.2) is 54.6 Å².